The predicted molar refractivity (Wildman–Crippen MR) is 131 cm³/mol. The van der Waals surface area contributed by atoms with Crippen molar-refractivity contribution in [3.63, 3.8) is 0 Å². The van der Waals surface area contributed by atoms with Crippen molar-refractivity contribution in [2.75, 3.05) is 0 Å². The first-order valence-electron chi connectivity index (χ1n) is 10.1. The molecule has 1 aliphatic rings. The van der Waals surface area contributed by atoms with Gasteiger partial charge in [0.25, 0.3) is 5.91 Å². The number of carbonyl (C=O) groups is 2. The van der Waals surface area contributed by atoms with Gasteiger partial charge in [0.15, 0.2) is 0 Å². The number of urea groups is 1. The van der Waals surface area contributed by atoms with Crippen LogP contribution in [0.25, 0.3) is 6.08 Å². The maximum absolute atomic E-state index is 13.9. The second-order valence-electron chi connectivity index (χ2n) is 7.56. The zero-order valence-electron chi connectivity index (χ0n) is 17.6. The lowest BCUT2D eigenvalue weighted by molar-refractivity contribution is -0.123. The normalized spacial score (nSPS) is 14.7. The molecule has 0 aromatic heterocycles. The number of hydrogen-bond donors (Lipinski definition) is 1. The first-order chi connectivity index (χ1) is 15.8. The van der Waals surface area contributed by atoms with Crippen molar-refractivity contribution >= 4 is 49.9 Å². The third-order valence-electron chi connectivity index (χ3n) is 5.05. The minimum atomic E-state index is -0.462. The standard InChI is InChI=1S/C25H19Br2FN2O3/c1-15-5-4-6-16(9-15)13-30-24(31)22(29-25(30)32)12-17-10-19(26)23(20(27)11-17)33-14-18-7-2-3-8-21(18)28/h2-12H,13-14H2,1H3,(H,29,32)/b22-12+. The third-order valence-corrected chi connectivity index (χ3v) is 6.23. The summed E-state index contributed by atoms with van der Waals surface area (Å²) in [4.78, 5) is 26.4. The monoisotopic (exact) mass is 572 g/mol. The summed E-state index contributed by atoms with van der Waals surface area (Å²) in [5, 5.41) is 2.64. The van der Waals surface area contributed by atoms with Crippen molar-refractivity contribution in [2.24, 2.45) is 0 Å². The van der Waals surface area contributed by atoms with Gasteiger partial charge in [-0.15, -0.1) is 0 Å². The molecule has 1 heterocycles. The van der Waals surface area contributed by atoms with Gasteiger partial charge in [0, 0.05) is 5.56 Å². The number of carbonyl (C=O) groups excluding carboxylic acids is 2. The Hall–Kier alpha value is -2.97. The van der Waals surface area contributed by atoms with Crippen LogP contribution in [-0.2, 0) is 17.9 Å². The molecule has 0 spiro atoms. The van der Waals surface area contributed by atoms with Crippen LogP contribution in [0.5, 0.6) is 5.75 Å². The van der Waals surface area contributed by atoms with E-state index in [1.807, 2.05) is 31.2 Å². The lowest BCUT2D eigenvalue weighted by atomic mass is 10.1. The number of nitrogens with zero attached hydrogens (tertiary/aromatic N) is 1. The van der Waals surface area contributed by atoms with E-state index in [2.05, 4.69) is 37.2 Å². The molecule has 1 N–H and O–H groups in total. The van der Waals surface area contributed by atoms with Gasteiger partial charge in [-0.05, 0) is 74.2 Å². The van der Waals surface area contributed by atoms with Gasteiger partial charge in [-0.2, -0.15) is 0 Å². The lowest BCUT2D eigenvalue weighted by Crippen LogP contribution is -2.30. The van der Waals surface area contributed by atoms with Crippen LogP contribution in [-0.4, -0.2) is 16.8 Å². The number of aryl methyl sites for hydroxylation is 1. The van der Waals surface area contributed by atoms with Crippen LogP contribution in [0.15, 0.2) is 75.3 Å². The molecular weight excluding hydrogens is 555 g/mol. The van der Waals surface area contributed by atoms with E-state index in [0.29, 0.717) is 25.8 Å². The molecule has 1 aliphatic heterocycles. The number of imide groups is 1. The zero-order chi connectivity index (χ0) is 23.5. The topological polar surface area (TPSA) is 58.6 Å². The molecule has 168 valence electrons. The van der Waals surface area contributed by atoms with Crippen LogP contribution in [0, 0.1) is 12.7 Å². The van der Waals surface area contributed by atoms with Gasteiger partial charge in [0.1, 0.15) is 23.9 Å². The van der Waals surface area contributed by atoms with E-state index in [0.717, 1.165) is 11.1 Å². The molecule has 8 heteroatoms. The van der Waals surface area contributed by atoms with Crippen LogP contribution in [0.4, 0.5) is 9.18 Å². The van der Waals surface area contributed by atoms with E-state index in [4.69, 9.17) is 4.74 Å². The summed E-state index contributed by atoms with van der Waals surface area (Å²) in [6.07, 6.45) is 1.60. The van der Waals surface area contributed by atoms with Crippen LogP contribution in [0.1, 0.15) is 22.3 Å². The van der Waals surface area contributed by atoms with Crippen molar-refractivity contribution in [2.45, 2.75) is 20.1 Å². The smallest absolute Gasteiger partial charge is 0.329 e. The second kappa shape index (κ2) is 9.89. The molecule has 3 aromatic carbocycles. The summed E-state index contributed by atoms with van der Waals surface area (Å²) in [5.41, 5.74) is 3.24. The van der Waals surface area contributed by atoms with Crippen molar-refractivity contribution in [1.29, 1.82) is 0 Å². The molecular formula is C25H19Br2FN2O3. The van der Waals surface area contributed by atoms with Gasteiger partial charge in [-0.25, -0.2) is 9.18 Å². The quantitative estimate of drug-likeness (QED) is 0.277. The van der Waals surface area contributed by atoms with E-state index in [1.54, 1.807) is 36.4 Å². The Balaban J connectivity index is 1.51. The number of ether oxygens (including phenoxy) is 1. The Kier molecular flexibility index (Phi) is 6.95. The Morgan fingerprint density at radius 1 is 1.03 bits per heavy atom. The molecule has 0 unspecified atom stereocenters. The highest BCUT2D eigenvalue weighted by molar-refractivity contribution is 9.11. The predicted octanol–water partition coefficient (Wildman–Crippen LogP) is 6.33. The maximum atomic E-state index is 13.9. The summed E-state index contributed by atoms with van der Waals surface area (Å²) in [7, 11) is 0. The molecule has 0 saturated carbocycles. The highest BCUT2D eigenvalue weighted by atomic mass is 79.9. The van der Waals surface area contributed by atoms with Gasteiger partial charge in [-0.3, -0.25) is 9.69 Å². The van der Waals surface area contributed by atoms with Gasteiger partial charge in [0.05, 0.1) is 15.5 Å². The van der Waals surface area contributed by atoms with E-state index in [1.165, 1.54) is 11.0 Å². The van der Waals surface area contributed by atoms with Crippen molar-refractivity contribution < 1.29 is 18.7 Å². The molecule has 0 radical (unpaired) electrons. The lowest BCUT2D eigenvalue weighted by Gasteiger charge is -2.12. The third kappa shape index (κ3) is 5.34. The van der Waals surface area contributed by atoms with E-state index in [-0.39, 0.29) is 24.7 Å². The first kappa shape index (κ1) is 23.2. The summed E-state index contributed by atoms with van der Waals surface area (Å²) >= 11 is 6.94. The fourth-order valence-corrected chi connectivity index (χ4v) is 4.89. The molecule has 0 atom stereocenters. The van der Waals surface area contributed by atoms with Crippen molar-refractivity contribution in [3.05, 3.63) is 103 Å². The SMILES string of the molecule is Cc1cccc(CN2C(=O)N/C(=C/c3cc(Br)c(OCc4ccccc4F)c(Br)c3)C2=O)c1. The summed E-state index contributed by atoms with van der Waals surface area (Å²) in [6.45, 7) is 2.22. The Labute approximate surface area is 207 Å². The molecule has 0 aliphatic carbocycles. The highest BCUT2D eigenvalue weighted by Gasteiger charge is 2.33. The van der Waals surface area contributed by atoms with E-state index < -0.39 is 11.9 Å². The Morgan fingerprint density at radius 2 is 1.76 bits per heavy atom. The number of benzene rings is 3. The van der Waals surface area contributed by atoms with E-state index in [9.17, 15) is 14.0 Å². The summed E-state index contributed by atoms with van der Waals surface area (Å²) in [5.74, 6) is -0.228. The Morgan fingerprint density at radius 3 is 2.45 bits per heavy atom. The van der Waals surface area contributed by atoms with Crippen LogP contribution < -0.4 is 10.1 Å². The van der Waals surface area contributed by atoms with Crippen LogP contribution >= 0.6 is 31.9 Å². The number of nitrogens with one attached hydrogen (secondary N) is 1. The molecule has 3 amide bonds. The van der Waals surface area contributed by atoms with Crippen LogP contribution in [0.3, 0.4) is 0 Å². The van der Waals surface area contributed by atoms with Crippen molar-refractivity contribution in [1.82, 2.24) is 10.2 Å². The molecule has 1 fully saturated rings. The van der Waals surface area contributed by atoms with Gasteiger partial charge in [0.2, 0.25) is 0 Å². The highest BCUT2D eigenvalue weighted by Crippen LogP contribution is 2.36. The van der Waals surface area contributed by atoms with Gasteiger partial charge < -0.3 is 10.1 Å². The van der Waals surface area contributed by atoms with Gasteiger partial charge in [-0.1, -0.05) is 48.0 Å². The molecule has 4 rings (SSSR count). The number of rotatable bonds is 6. The molecule has 5 nitrogen and oxygen atoms in total. The average Bonchev–Trinajstić information content (AvgIpc) is 3.02. The van der Waals surface area contributed by atoms with Crippen molar-refractivity contribution in [3.8, 4) is 5.75 Å². The fraction of sp³-hybridized carbons (Fsp3) is 0.120. The zero-order valence-corrected chi connectivity index (χ0v) is 20.7. The Bertz CT molecular complexity index is 1250. The molecule has 33 heavy (non-hydrogen) atoms. The largest absolute Gasteiger partial charge is 0.486 e. The summed E-state index contributed by atoms with van der Waals surface area (Å²) in [6, 6.07) is 17.1. The minimum Gasteiger partial charge on any atom is -0.486 e. The molecule has 1 saturated heterocycles. The molecule has 3 aromatic rings. The fourth-order valence-electron chi connectivity index (χ4n) is 3.44. The second-order valence-corrected chi connectivity index (χ2v) is 9.27. The van der Waals surface area contributed by atoms with Crippen LogP contribution in [0.2, 0.25) is 0 Å². The number of hydrogen-bond acceptors (Lipinski definition) is 3. The number of halogens is 3. The first-order valence-corrected chi connectivity index (χ1v) is 11.7. The van der Waals surface area contributed by atoms with E-state index >= 15 is 0 Å². The summed E-state index contributed by atoms with van der Waals surface area (Å²) < 4.78 is 20.9. The van der Waals surface area contributed by atoms with Gasteiger partial charge >= 0.3 is 6.03 Å². The average molecular weight is 574 g/mol. The number of amides is 3. The maximum Gasteiger partial charge on any atom is 0.329 e. The molecule has 0 bridgehead atoms. The minimum absolute atomic E-state index is 0.0623.